The lowest BCUT2D eigenvalue weighted by Gasteiger charge is -2.19. The summed E-state index contributed by atoms with van der Waals surface area (Å²) in [6.45, 7) is 5.29. The molecule has 0 bridgehead atoms. The molecule has 0 aliphatic carbocycles. The molecule has 0 amide bonds. The van der Waals surface area contributed by atoms with E-state index in [4.69, 9.17) is 4.74 Å². The number of fused-ring (bicyclic) bond motifs is 1. The van der Waals surface area contributed by atoms with Gasteiger partial charge in [-0.3, -0.25) is 4.79 Å². The summed E-state index contributed by atoms with van der Waals surface area (Å²) in [5.74, 6) is -1.66. The van der Waals surface area contributed by atoms with E-state index < -0.39 is 17.5 Å². The highest BCUT2D eigenvalue weighted by molar-refractivity contribution is 7.15. The van der Waals surface area contributed by atoms with Crippen LogP contribution in [0.2, 0.25) is 0 Å². The van der Waals surface area contributed by atoms with E-state index in [1.807, 2.05) is 28.8 Å². The van der Waals surface area contributed by atoms with Crippen molar-refractivity contribution in [2.75, 3.05) is 0 Å². The average molecular weight is 359 g/mol. The van der Waals surface area contributed by atoms with Gasteiger partial charge in [0.2, 0.25) is 0 Å². The number of carbonyl (C=O) groups excluding carboxylic acids is 1. The second-order valence-electron chi connectivity index (χ2n) is 6.45. The number of pyridine rings is 1. The Morgan fingerprint density at radius 1 is 1.28 bits per heavy atom. The molecule has 0 radical (unpaired) electrons. The van der Waals surface area contributed by atoms with Gasteiger partial charge in [0.15, 0.2) is 5.69 Å². The van der Waals surface area contributed by atoms with Crippen molar-refractivity contribution in [2.24, 2.45) is 0 Å². The predicted molar refractivity (Wildman–Crippen MR) is 92.8 cm³/mol. The number of rotatable bonds is 4. The Labute approximate surface area is 147 Å². The van der Waals surface area contributed by atoms with E-state index in [1.54, 1.807) is 27.0 Å². The number of esters is 1. The largest absolute Gasteiger partial charge is 0.476 e. The molecule has 0 aliphatic heterocycles. The fraction of sp³-hybridized carbons (Fsp3) is 0.294. The van der Waals surface area contributed by atoms with Gasteiger partial charge in [0.25, 0.3) is 0 Å². The quantitative estimate of drug-likeness (QED) is 0.720. The number of aromatic nitrogens is 3. The molecule has 130 valence electrons. The summed E-state index contributed by atoms with van der Waals surface area (Å²) in [6, 6.07) is 5.58. The highest BCUT2D eigenvalue weighted by Crippen LogP contribution is 2.29. The molecule has 3 rings (SSSR count). The van der Waals surface area contributed by atoms with Crippen molar-refractivity contribution in [3.8, 4) is 10.7 Å². The molecule has 0 fully saturated rings. The first-order chi connectivity index (χ1) is 11.7. The molecule has 8 heteroatoms. The summed E-state index contributed by atoms with van der Waals surface area (Å²) in [5, 5.41) is 9.84. The monoisotopic (exact) mass is 359 g/mol. The van der Waals surface area contributed by atoms with Gasteiger partial charge in [0, 0.05) is 12.4 Å². The van der Waals surface area contributed by atoms with Crippen molar-refractivity contribution in [2.45, 2.75) is 32.8 Å². The molecule has 0 atom stereocenters. The van der Waals surface area contributed by atoms with Crippen LogP contribution in [0, 0.1) is 0 Å². The van der Waals surface area contributed by atoms with Crippen LogP contribution in [-0.2, 0) is 16.0 Å². The Morgan fingerprint density at radius 2 is 2.04 bits per heavy atom. The number of nitrogens with zero attached hydrogens (tertiary/aromatic N) is 3. The lowest BCUT2D eigenvalue weighted by atomic mass is 10.2. The maximum absolute atomic E-state index is 12.0. The number of imidazole rings is 1. The molecule has 1 N–H and O–H groups in total. The number of ether oxygens (including phenoxy) is 1. The number of thiazole rings is 1. The summed E-state index contributed by atoms with van der Waals surface area (Å²) in [6.07, 6.45) is 3.49. The summed E-state index contributed by atoms with van der Waals surface area (Å²) in [7, 11) is 0. The molecule has 3 aromatic rings. The van der Waals surface area contributed by atoms with E-state index in [-0.39, 0.29) is 12.1 Å². The second-order valence-corrected chi connectivity index (χ2v) is 7.54. The van der Waals surface area contributed by atoms with Crippen LogP contribution in [0.1, 0.15) is 36.1 Å². The minimum atomic E-state index is -1.18. The number of carboxylic acid groups (broad SMARTS) is 1. The van der Waals surface area contributed by atoms with E-state index in [9.17, 15) is 14.7 Å². The zero-order valence-electron chi connectivity index (χ0n) is 14.0. The second kappa shape index (κ2) is 6.29. The van der Waals surface area contributed by atoms with Gasteiger partial charge in [0.05, 0.1) is 11.3 Å². The Balaban J connectivity index is 1.94. The van der Waals surface area contributed by atoms with Gasteiger partial charge in [-0.25, -0.2) is 14.8 Å². The minimum Gasteiger partial charge on any atom is -0.476 e. The molecular formula is C17H17N3O4S. The van der Waals surface area contributed by atoms with Crippen molar-refractivity contribution >= 4 is 28.9 Å². The van der Waals surface area contributed by atoms with Gasteiger partial charge < -0.3 is 14.2 Å². The van der Waals surface area contributed by atoms with Crippen LogP contribution in [0.25, 0.3) is 16.3 Å². The number of hydrogen-bond donors (Lipinski definition) is 1. The van der Waals surface area contributed by atoms with Gasteiger partial charge in [-0.2, -0.15) is 0 Å². The normalized spacial score (nSPS) is 11.6. The van der Waals surface area contributed by atoms with Gasteiger partial charge >= 0.3 is 11.9 Å². The zero-order valence-corrected chi connectivity index (χ0v) is 14.8. The lowest BCUT2D eigenvalue weighted by molar-refractivity contribution is -0.153. The molecule has 0 saturated carbocycles. The van der Waals surface area contributed by atoms with Crippen molar-refractivity contribution in [1.82, 2.24) is 14.4 Å². The first-order valence-corrected chi connectivity index (χ1v) is 8.43. The Hall–Kier alpha value is -2.74. The maximum atomic E-state index is 12.0. The van der Waals surface area contributed by atoms with Crippen LogP contribution in [0.4, 0.5) is 0 Å². The third kappa shape index (κ3) is 3.85. The Morgan fingerprint density at radius 3 is 2.68 bits per heavy atom. The Bertz CT molecular complexity index is 919. The predicted octanol–water partition coefficient (Wildman–Crippen LogP) is 3.04. The summed E-state index contributed by atoms with van der Waals surface area (Å²) in [5.41, 5.74) is 0.533. The summed E-state index contributed by atoms with van der Waals surface area (Å²) in [4.78, 5) is 32.5. The van der Waals surface area contributed by atoms with E-state index in [2.05, 4.69) is 9.97 Å². The molecule has 0 spiro atoms. The van der Waals surface area contributed by atoms with E-state index in [1.165, 1.54) is 0 Å². The average Bonchev–Trinajstić information content (AvgIpc) is 3.08. The van der Waals surface area contributed by atoms with Gasteiger partial charge in [-0.15, -0.1) is 11.3 Å². The molecule has 0 aliphatic rings. The standard InChI is InChI=1S/C17H17N3O4S/c1-17(2,3)24-13(21)8-11-14(16(22)23)19-15(25-11)10-9-20-7-5-4-6-12(20)18-10/h4-7,9H,8H2,1-3H3,(H,22,23). The molecule has 25 heavy (non-hydrogen) atoms. The van der Waals surface area contributed by atoms with Crippen molar-refractivity contribution in [1.29, 1.82) is 0 Å². The lowest BCUT2D eigenvalue weighted by Crippen LogP contribution is -2.25. The molecular weight excluding hydrogens is 342 g/mol. The van der Waals surface area contributed by atoms with Gasteiger partial charge in [0.1, 0.15) is 21.9 Å². The SMILES string of the molecule is CC(C)(C)OC(=O)Cc1sc(-c2cn3ccccc3n2)nc1C(=O)O. The fourth-order valence-electron chi connectivity index (χ4n) is 2.29. The van der Waals surface area contributed by atoms with E-state index in [0.29, 0.717) is 15.6 Å². The van der Waals surface area contributed by atoms with Crippen LogP contribution < -0.4 is 0 Å². The third-order valence-corrected chi connectivity index (χ3v) is 4.29. The van der Waals surface area contributed by atoms with Crippen LogP contribution in [0.3, 0.4) is 0 Å². The molecule has 3 heterocycles. The fourth-order valence-corrected chi connectivity index (χ4v) is 3.29. The topological polar surface area (TPSA) is 93.8 Å². The van der Waals surface area contributed by atoms with Gasteiger partial charge in [-0.1, -0.05) is 6.07 Å². The smallest absolute Gasteiger partial charge is 0.355 e. The highest BCUT2D eigenvalue weighted by Gasteiger charge is 2.24. The first kappa shape index (κ1) is 17.1. The first-order valence-electron chi connectivity index (χ1n) is 7.62. The van der Waals surface area contributed by atoms with E-state index >= 15 is 0 Å². The molecule has 0 aromatic carbocycles. The highest BCUT2D eigenvalue weighted by atomic mass is 32.1. The third-order valence-electron chi connectivity index (χ3n) is 3.21. The number of carbonyl (C=O) groups is 2. The summed E-state index contributed by atoms with van der Waals surface area (Å²) >= 11 is 1.14. The van der Waals surface area contributed by atoms with Gasteiger partial charge in [-0.05, 0) is 32.9 Å². The van der Waals surface area contributed by atoms with Crippen LogP contribution >= 0.6 is 11.3 Å². The van der Waals surface area contributed by atoms with Crippen molar-refractivity contribution in [3.63, 3.8) is 0 Å². The van der Waals surface area contributed by atoms with E-state index in [0.717, 1.165) is 17.0 Å². The number of carboxylic acids is 1. The number of aromatic carboxylic acids is 1. The molecule has 3 aromatic heterocycles. The molecule has 0 saturated heterocycles. The summed E-state index contributed by atoms with van der Waals surface area (Å²) < 4.78 is 7.09. The minimum absolute atomic E-state index is 0.135. The van der Waals surface area contributed by atoms with Crippen molar-refractivity contribution in [3.05, 3.63) is 41.2 Å². The van der Waals surface area contributed by atoms with Crippen LogP contribution in [0.15, 0.2) is 30.6 Å². The molecule has 0 unspecified atom stereocenters. The van der Waals surface area contributed by atoms with Crippen LogP contribution in [0.5, 0.6) is 0 Å². The van der Waals surface area contributed by atoms with Crippen molar-refractivity contribution < 1.29 is 19.4 Å². The van der Waals surface area contributed by atoms with Crippen LogP contribution in [-0.4, -0.2) is 37.0 Å². The zero-order chi connectivity index (χ0) is 18.2. The maximum Gasteiger partial charge on any atom is 0.355 e. The Kier molecular flexibility index (Phi) is 4.30. The molecule has 7 nitrogen and oxygen atoms in total. The number of hydrogen-bond acceptors (Lipinski definition) is 6.